The second-order valence-corrected chi connectivity index (χ2v) is 35.8. The molecular formula is C11H14I2N3Pt. The number of hydrogen-bond acceptors (Lipinski definition) is 1. The average molecular weight is 637 g/mol. The van der Waals surface area contributed by atoms with E-state index in [4.69, 9.17) is 4.29 Å². The van der Waals surface area contributed by atoms with E-state index in [9.17, 15) is 0 Å². The molecule has 1 aromatic carbocycles. The molecule has 0 radical (unpaired) electrons. The summed E-state index contributed by atoms with van der Waals surface area (Å²) in [6.07, 6.45) is 4.20. The van der Waals surface area contributed by atoms with Gasteiger partial charge in [-0.25, -0.2) is 0 Å². The molecular weight excluding hydrogens is 623 g/mol. The molecule has 0 amide bonds. The molecule has 3 nitrogen and oxygen atoms in total. The van der Waals surface area contributed by atoms with Crippen molar-refractivity contribution in [1.29, 1.82) is 0 Å². The average Bonchev–Trinajstić information content (AvgIpc) is 2.60. The molecule has 0 saturated carbocycles. The van der Waals surface area contributed by atoms with Crippen molar-refractivity contribution in [3.8, 4) is 0 Å². The van der Waals surface area contributed by atoms with Gasteiger partial charge in [0, 0.05) is 0 Å². The van der Waals surface area contributed by atoms with Gasteiger partial charge in [-0.3, -0.25) is 0 Å². The second-order valence-electron chi connectivity index (χ2n) is 3.66. The van der Waals surface area contributed by atoms with E-state index in [2.05, 4.69) is 91.5 Å². The molecule has 0 unspecified atom stereocenters. The first-order valence-electron chi connectivity index (χ1n) is 4.90. The van der Waals surface area contributed by atoms with Gasteiger partial charge in [0.15, 0.2) is 0 Å². The molecule has 0 saturated heterocycles. The molecule has 1 aromatic heterocycles. The number of rotatable bonds is 2. The Labute approximate surface area is 125 Å². The molecule has 0 aliphatic carbocycles. The summed E-state index contributed by atoms with van der Waals surface area (Å²) in [5.74, 6) is 0. The zero-order valence-electron chi connectivity index (χ0n) is 9.29. The van der Waals surface area contributed by atoms with Crippen LogP contribution in [0.25, 0.3) is 0 Å². The Morgan fingerprint density at radius 1 is 1.18 bits per heavy atom. The molecule has 97 valence electrons. The molecule has 0 aliphatic heterocycles. The van der Waals surface area contributed by atoms with Crippen LogP contribution in [-0.4, -0.2) is 9.13 Å². The first kappa shape index (κ1) is 14.0. The SMILES string of the molecule is Cn1ccn(Cc2ccccc2)[c]1=[Pt]([NH2])([I])[I]. The normalized spacial score (nSPS) is 12.7. The van der Waals surface area contributed by atoms with Crippen molar-refractivity contribution in [2.24, 2.45) is 11.3 Å². The van der Waals surface area contributed by atoms with Gasteiger partial charge >= 0.3 is 126 Å². The zero-order chi connectivity index (χ0) is 12.5. The number of imidazole rings is 1. The molecule has 0 bridgehead atoms. The van der Waals surface area contributed by atoms with E-state index < -0.39 is 8.49 Å². The quantitative estimate of drug-likeness (QED) is 0.506. The number of aryl methyl sites for hydroxylation is 1. The van der Waals surface area contributed by atoms with Crippen LogP contribution in [0.15, 0.2) is 42.7 Å². The van der Waals surface area contributed by atoms with E-state index in [1.165, 1.54) is 9.37 Å². The summed E-state index contributed by atoms with van der Waals surface area (Å²) in [5.41, 5.74) is 1.31. The summed E-state index contributed by atoms with van der Waals surface area (Å²) < 4.78 is 12.1. The maximum absolute atomic E-state index is 6.37. The van der Waals surface area contributed by atoms with Crippen molar-refractivity contribution >= 4 is 38.7 Å². The maximum atomic E-state index is 6.37. The van der Waals surface area contributed by atoms with Crippen molar-refractivity contribution < 1.29 is 8.49 Å². The van der Waals surface area contributed by atoms with Crippen LogP contribution in [0.3, 0.4) is 0 Å². The summed E-state index contributed by atoms with van der Waals surface area (Å²) in [6.45, 7) is 0.894. The molecule has 0 aliphatic rings. The number of benzene rings is 1. The number of hydrogen-bond donors (Lipinski definition) is 1. The van der Waals surface area contributed by atoms with Crippen LogP contribution in [-0.2, 0) is 22.1 Å². The zero-order valence-corrected chi connectivity index (χ0v) is 15.9. The fraction of sp³-hybridized carbons (Fsp3) is 0.182. The monoisotopic (exact) mass is 637 g/mol. The topological polar surface area (TPSA) is 35.9 Å². The Hall–Kier alpha value is 0.538. The summed E-state index contributed by atoms with van der Waals surface area (Å²) in [7, 11) is -0.227. The number of nitrogens with zero attached hydrogens (tertiary/aromatic N) is 2. The van der Waals surface area contributed by atoms with Gasteiger partial charge in [0.25, 0.3) is 0 Å². The Kier molecular flexibility index (Phi) is 4.66. The van der Waals surface area contributed by atoms with Gasteiger partial charge in [-0.2, -0.15) is 0 Å². The Morgan fingerprint density at radius 2 is 1.82 bits per heavy atom. The molecule has 6 heteroatoms. The van der Waals surface area contributed by atoms with Crippen molar-refractivity contribution in [2.75, 3.05) is 0 Å². The van der Waals surface area contributed by atoms with Gasteiger partial charge in [0.2, 0.25) is 0 Å². The van der Waals surface area contributed by atoms with E-state index in [-0.39, 0.29) is 0 Å². The fourth-order valence-corrected chi connectivity index (χ4v) is 11.3. The molecule has 0 atom stereocenters. The van der Waals surface area contributed by atoms with E-state index in [1.54, 1.807) is 0 Å². The van der Waals surface area contributed by atoms with Crippen molar-refractivity contribution in [3.63, 3.8) is 0 Å². The number of halogens is 2. The van der Waals surface area contributed by atoms with Crippen LogP contribution >= 0.6 is 38.7 Å². The Balaban J connectivity index is 2.50. The van der Waals surface area contributed by atoms with E-state index in [0.717, 1.165) is 6.54 Å². The molecule has 17 heavy (non-hydrogen) atoms. The minimum absolute atomic E-state index is 0.894. The van der Waals surface area contributed by atoms with Crippen LogP contribution in [0.5, 0.6) is 0 Å². The third kappa shape index (κ3) is 3.51. The predicted molar refractivity (Wildman–Crippen MR) is 84.4 cm³/mol. The summed E-state index contributed by atoms with van der Waals surface area (Å²) in [5, 5.41) is 0. The van der Waals surface area contributed by atoms with Crippen molar-refractivity contribution in [1.82, 2.24) is 9.13 Å². The van der Waals surface area contributed by atoms with Crippen LogP contribution < -0.4 is 4.29 Å². The number of aromatic nitrogens is 2. The first-order valence-corrected chi connectivity index (χ1v) is 20.2. The minimum atomic E-state index is -2.30. The summed E-state index contributed by atoms with van der Waals surface area (Å²) in [6, 6.07) is 10.5. The van der Waals surface area contributed by atoms with Gasteiger partial charge in [-0.05, 0) is 0 Å². The van der Waals surface area contributed by atoms with Gasteiger partial charge in [0.1, 0.15) is 0 Å². The standard InChI is InChI=1S/C11H12N2.2HI.H2N.Pt/c1-12-7-8-13(10-12)9-11-5-3-2-4-6-11;;;;/h2-8H,9H2,1H3;2*1H;1H2;/q;;;-1;+3/p-2. The molecule has 0 spiro atoms. The first-order chi connectivity index (χ1) is 7.98. The Bertz CT molecular complexity index is 586. The molecule has 2 rings (SSSR count). The van der Waals surface area contributed by atoms with Crippen LogP contribution in [0, 0.1) is 3.80 Å². The van der Waals surface area contributed by atoms with E-state index >= 15 is 0 Å². The summed E-state index contributed by atoms with van der Waals surface area (Å²) >= 11 is 4.87. The predicted octanol–water partition coefficient (Wildman–Crippen LogP) is 3.13. The number of nitrogens with two attached hydrogens (primary N) is 1. The molecule has 2 N–H and O–H groups in total. The molecule has 1 heterocycles. The Morgan fingerprint density at radius 3 is 2.41 bits per heavy atom. The van der Waals surface area contributed by atoms with Crippen LogP contribution in [0.4, 0.5) is 0 Å². The van der Waals surface area contributed by atoms with E-state index in [1.807, 2.05) is 6.07 Å². The van der Waals surface area contributed by atoms with Gasteiger partial charge < -0.3 is 0 Å². The van der Waals surface area contributed by atoms with Crippen LogP contribution in [0.2, 0.25) is 0 Å². The summed E-state index contributed by atoms with van der Waals surface area (Å²) in [4.78, 5) is 0. The van der Waals surface area contributed by atoms with Gasteiger partial charge in [-0.1, -0.05) is 0 Å². The molecule has 2 aromatic rings. The van der Waals surface area contributed by atoms with Gasteiger partial charge in [0.05, 0.1) is 0 Å². The molecule has 0 fully saturated rings. The third-order valence-electron chi connectivity index (χ3n) is 2.34. The van der Waals surface area contributed by atoms with Crippen molar-refractivity contribution in [2.45, 2.75) is 6.54 Å². The second kappa shape index (κ2) is 5.67. The van der Waals surface area contributed by atoms with Crippen molar-refractivity contribution in [3.05, 3.63) is 52.1 Å². The fourth-order valence-electron chi connectivity index (χ4n) is 1.66. The van der Waals surface area contributed by atoms with Gasteiger partial charge in [-0.15, -0.1) is 0 Å². The van der Waals surface area contributed by atoms with E-state index in [0.29, 0.717) is 0 Å². The van der Waals surface area contributed by atoms with Crippen LogP contribution in [0.1, 0.15) is 5.56 Å². The third-order valence-corrected chi connectivity index (χ3v) is 10.1.